The Kier molecular flexibility index (Phi) is 18.8. The van der Waals surface area contributed by atoms with Gasteiger partial charge in [-0.25, -0.2) is 0 Å². The van der Waals surface area contributed by atoms with Gasteiger partial charge < -0.3 is 21.3 Å². The lowest BCUT2D eigenvalue weighted by Crippen LogP contribution is -2.60. The summed E-state index contributed by atoms with van der Waals surface area (Å²) in [5.74, 6) is 5.86. The molecule has 0 aliphatic heterocycles. The van der Waals surface area contributed by atoms with E-state index in [4.69, 9.17) is 5.73 Å². The number of nitrogens with two attached hydrogens (primary N) is 1. The summed E-state index contributed by atoms with van der Waals surface area (Å²) in [7, 11) is 0. The van der Waals surface area contributed by atoms with Gasteiger partial charge in [0.05, 0.1) is 23.1 Å². The first-order chi connectivity index (χ1) is 32.5. The van der Waals surface area contributed by atoms with Gasteiger partial charge in [-0.15, -0.1) is 0 Å². The van der Waals surface area contributed by atoms with Crippen LogP contribution in [-0.4, -0.2) is 54.7 Å². The highest BCUT2D eigenvalue weighted by Gasteiger charge is 2.66. The van der Waals surface area contributed by atoms with Gasteiger partial charge in [0.2, 0.25) is 0 Å². The molecule has 5 N–H and O–H groups in total. The number of hydrogen-bond donors (Lipinski definition) is 4. The van der Waals surface area contributed by atoms with Crippen LogP contribution >= 0.6 is 61.1 Å². The number of benzene rings is 2. The van der Waals surface area contributed by atoms with E-state index in [2.05, 4.69) is 122 Å². The molecular weight excluding hydrogens is 1150 g/mol. The third-order valence-corrected chi connectivity index (χ3v) is 22.7. The first-order valence-corrected chi connectivity index (χ1v) is 32.4. The summed E-state index contributed by atoms with van der Waals surface area (Å²) < 4.78 is 0. The average Bonchev–Trinajstić information content (AvgIpc) is 3.88. The summed E-state index contributed by atoms with van der Waals surface area (Å²) in [4.78, 5) is 29.9. The maximum atomic E-state index is 13.4. The Morgan fingerprint density at radius 3 is 1.35 bits per heavy atom. The Balaban J connectivity index is 0.000000189. The fourth-order valence-electron chi connectivity index (χ4n) is 18.3. The van der Waals surface area contributed by atoms with Crippen molar-refractivity contribution in [2.75, 3.05) is 32.8 Å². The molecule has 0 heterocycles. The number of alkyl halides is 3. The minimum atomic E-state index is -0.499. The van der Waals surface area contributed by atoms with Crippen LogP contribution in [0.2, 0.25) is 0 Å². The van der Waals surface area contributed by atoms with Crippen molar-refractivity contribution in [2.45, 2.75) is 182 Å². The third-order valence-electron chi connectivity index (χ3n) is 22.2. The number of fused-ring (bicyclic) bond motifs is 10. The summed E-state index contributed by atoms with van der Waals surface area (Å²) in [6.45, 7) is 19.5. The van der Waals surface area contributed by atoms with Gasteiger partial charge in [0.1, 0.15) is 5.78 Å². The maximum absolute atomic E-state index is 13.4. The van der Waals surface area contributed by atoms with Crippen LogP contribution < -0.4 is 11.1 Å². The molecule has 6 nitrogen and oxygen atoms in total. The summed E-state index contributed by atoms with van der Waals surface area (Å²) in [5, 5.41) is 25.5. The fourth-order valence-corrected chi connectivity index (χ4v) is 18.7. The van der Waals surface area contributed by atoms with E-state index in [0.29, 0.717) is 40.2 Å². The standard InChI is InChI=1S/C29H43NO2.C23H37BrO2.C6H7N.2CH3I/c1-26-14-12-21-22-10-11-24(25(31)18-30-20-8-6-5-7-9-20)28(22,3)15-13-23(21)29(26,4)17-16-27(2,32)19-26;1-20-9-7-15-16-5-6-18(19(25)13-24)22(16,3)10-8-17(15)23(20,4)12-11-21(2,26)14-20;7-6-4-2-1-3-5-6;2*1-2/h5-9,21-24,30,32H,10-19H2,1-4H3;15-18,26H,5-14H2,1-4H3;1-5H,7H2;2*1H3/t21-,22-,23-,24+,26+,27+,28-,29+;15-,16-,17-,18+,20+,21+,22-,23+;;;/m00.../s1. The summed E-state index contributed by atoms with van der Waals surface area (Å²) >= 11 is 7.73. The van der Waals surface area contributed by atoms with E-state index < -0.39 is 11.2 Å². The molecule has 0 bridgehead atoms. The van der Waals surface area contributed by atoms with Gasteiger partial charge in [-0.2, -0.15) is 0 Å². The molecule has 2 aromatic carbocycles. The zero-order valence-corrected chi connectivity index (χ0v) is 50.4. The van der Waals surface area contributed by atoms with Crippen LogP contribution in [0.5, 0.6) is 0 Å². The van der Waals surface area contributed by atoms with Gasteiger partial charge in [0.15, 0.2) is 5.78 Å². The van der Waals surface area contributed by atoms with E-state index in [1.54, 1.807) is 0 Å². The molecule has 16 atom stereocenters. The molecular formula is C60H93BrI2N2O4. The fraction of sp³-hybridized carbons (Fsp3) is 0.767. The highest BCUT2D eigenvalue weighted by atomic mass is 127. The molecule has 0 amide bonds. The van der Waals surface area contributed by atoms with Gasteiger partial charge in [-0.3, -0.25) is 9.59 Å². The first-order valence-electron chi connectivity index (χ1n) is 27.0. The number of para-hydroxylation sites is 2. The number of Topliss-reactive ketones (excluding diaryl/α,β-unsaturated/α-hetero) is 2. The van der Waals surface area contributed by atoms with E-state index in [1.807, 2.05) is 70.5 Å². The van der Waals surface area contributed by atoms with Crippen molar-refractivity contribution >= 4 is 84.1 Å². The molecule has 8 aliphatic rings. The number of carbonyl (C=O) groups is 2. The van der Waals surface area contributed by atoms with Gasteiger partial charge in [-0.1, -0.05) is 139 Å². The lowest BCUT2D eigenvalue weighted by molar-refractivity contribution is -0.189. The Morgan fingerprint density at radius 2 is 0.957 bits per heavy atom. The van der Waals surface area contributed by atoms with Crippen LogP contribution in [-0.2, 0) is 9.59 Å². The summed E-state index contributed by atoms with van der Waals surface area (Å²) in [6, 6.07) is 19.6. The van der Waals surface area contributed by atoms with Crippen LogP contribution in [0.15, 0.2) is 60.7 Å². The Labute approximate surface area is 455 Å². The minimum absolute atomic E-state index is 0.168. The number of halogens is 3. The van der Waals surface area contributed by atoms with Crippen LogP contribution in [0.3, 0.4) is 0 Å². The normalized spacial score (nSPS) is 44.4. The topological polar surface area (TPSA) is 113 Å². The van der Waals surface area contributed by atoms with Gasteiger partial charge in [-0.05, 0) is 232 Å². The Hall–Kier alpha value is -0.760. The van der Waals surface area contributed by atoms with Gasteiger partial charge >= 0.3 is 0 Å². The number of carbonyl (C=O) groups excluding carboxylic acids is 2. The molecule has 10 rings (SSSR count). The zero-order valence-electron chi connectivity index (χ0n) is 44.5. The summed E-state index contributed by atoms with van der Waals surface area (Å²) in [5.41, 5.74) is 7.84. The number of aliphatic hydroxyl groups is 2. The molecule has 2 aromatic rings. The van der Waals surface area contributed by atoms with E-state index in [0.717, 1.165) is 85.9 Å². The Morgan fingerprint density at radius 1 is 0.551 bits per heavy atom. The smallest absolute Gasteiger partial charge is 0.155 e. The molecule has 0 spiro atoms. The number of anilines is 2. The number of hydrogen-bond acceptors (Lipinski definition) is 6. The molecule has 8 saturated carbocycles. The SMILES string of the molecule is CI.CI.C[C@@]1(O)CC[C@]2(C)[C@H]3CC[C@]4(C)[C@@H](C(=O)CBr)CC[C@H]4[C@@H]3CC[C@]2(C)C1.C[C@@]1(O)CC[C@]2(C)[C@H]3CC[C@]4(C)[C@@H](C(=O)CNc5ccccc5)CC[C@H]4[C@@H]3CC[C@]2(C)C1.Nc1ccccc1. The molecule has 0 aromatic heterocycles. The third kappa shape index (κ3) is 11.1. The molecule has 0 radical (unpaired) electrons. The lowest BCUT2D eigenvalue weighted by atomic mass is 9.39. The minimum Gasteiger partial charge on any atom is -0.399 e. The van der Waals surface area contributed by atoms with Crippen molar-refractivity contribution in [3.8, 4) is 0 Å². The van der Waals surface area contributed by atoms with Crippen LogP contribution in [0.4, 0.5) is 11.4 Å². The van der Waals surface area contributed by atoms with Crippen molar-refractivity contribution in [3.05, 3.63) is 60.7 Å². The van der Waals surface area contributed by atoms with Gasteiger partial charge in [0, 0.05) is 23.2 Å². The molecule has 0 saturated heterocycles. The highest BCUT2D eigenvalue weighted by molar-refractivity contribution is 14.1. The lowest BCUT2D eigenvalue weighted by Gasteiger charge is -2.66. The molecule has 9 heteroatoms. The van der Waals surface area contributed by atoms with E-state index in [1.165, 1.54) is 70.6 Å². The number of nitrogens with one attached hydrogen (secondary N) is 1. The predicted octanol–water partition coefficient (Wildman–Crippen LogP) is 15.6. The van der Waals surface area contributed by atoms with Crippen molar-refractivity contribution in [1.82, 2.24) is 0 Å². The Bertz CT molecular complexity index is 2020. The van der Waals surface area contributed by atoms with Crippen LogP contribution in [0.1, 0.15) is 171 Å². The van der Waals surface area contributed by atoms with Crippen LogP contribution in [0, 0.1) is 79.8 Å². The number of ketones is 2. The molecule has 0 unspecified atom stereocenters. The zero-order chi connectivity index (χ0) is 50.8. The number of nitrogen functional groups attached to an aromatic ring is 1. The quantitative estimate of drug-likeness (QED) is 0.130. The van der Waals surface area contributed by atoms with E-state index in [-0.39, 0.29) is 33.5 Å². The van der Waals surface area contributed by atoms with Crippen molar-refractivity contribution < 1.29 is 19.8 Å². The first kappa shape index (κ1) is 57.5. The second-order valence-corrected chi connectivity index (χ2v) is 26.2. The van der Waals surface area contributed by atoms with Crippen molar-refractivity contribution in [3.63, 3.8) is 0 Å². The maximum Gasteiger partial charge on any atom is 0.155 e. The summed E-state index contributed by atoms with van der Waals surface area (Å²) in [6.07, 6.45) is 20.9. The van der Waals surface area contributed by atoms with Crippen molar-refractivity contribution in [1.29, 1.82) is 0 Å². The average molecular weight is 1240 g/mol. The van der Waals surface area contributed by atoms with Gasteiger partial charge in [0.25, 0.3) is 0 Å². The monoisotopic (exact) mass is 1240 g/mol. The molecule has 8 aliphatic carbocycles. The van der Waals surface area contributed by atoms with E-state index >= 15 is 0 Å². The van der Waals surface area contributed by atoms with Crippen LogP contribution in [0.25, 0.3) is 0 Å². The molecule has 8 fully saturated rings. The molecule has 69 heavy (non-hydrogen) atoms. The second kappa shape index (κ2) is 22.6. The predicted molar refractivity (Wildman–Crippen MR) is 310 cm³/mol. The molecule has 388 valence electrons. The van der Waals surface area contributed by atoms with E-state index in [9.17, 15) is 19.8 Å². The van der Waals surface area contributed by atoms with Crippen molar-refractivity contribution in [2.24, 2.45) is 79.8 Å². The number of rotatable bonds is 6. The largest absolute Gasteiger partial charge is 0.399 e. The highest BCUT2D eigenvalue weighted by Crippen LogP contribution is 2.73. The second-order valence-electron chi connectivity index (χ2n) is 25.7.